The van der Waals surface area contributed by atoms with E-state index in [4.69, 9.17) is 0 Å². The Balaban J connectivity index is 1.80. The standard InChI is InChI=1S/C10H15N3OS/c14-9-6-8(2-1-3-11-9)13-7-10-12-4-5-15-10/h4-5,8,13H,1-3,6-7H2,(H,11,14). The largest absolute Gasteiger partial charge is 0.356 e. The zero-order valence-electron chi connectivity index (χ0n) is 8.53. The van der Waals surface area contributed by atoms with Crippen molar-refractivity contribution < 1.29 is 4.79 Å². The third kappa shape index (κ3) is 3.28. The molecule has 0 aromatic carbocycles. The number of carbonyl (C=O) groups is 1. The number of aromatic nitrogens is 1. The van der Waals surface area contributed by atoms with E-state index < -0.39 is 0 Å². The van der Waals surface area contributed by atoms with Crippen LogP contribution in [0.3, 0.4) is 0 Å². The Labute approximate surface area is 93.1 Å². The topological polar surface area (TPSA) is 54.0 Å². The minimum atomic E-state index is 0.157. The van der Waals surface area contributed by atoms with E-state index in [1.807, 2.05) is 11.6 Å². The van der Waals surface area contributed by atoms with Gasteiger partial charge in [-0.05, 0) is 12.8 Å². The molecule has 2 rings (SSSR count). The smallest absolute Gasteiger partial charge is 0.221 e. The monoisotopic (exact) mass is 225 g/mol. The van der Waals surface area contributed by atoms with Gasteiger partial charge in [-0.15, -0.1) is 11.3 Å². The number of amides is 1. The van der Waals surface area contributed by atoms with Crippen molar-refractivity contribution in [3.8, 4) is 0 Å². The Hall–Kier alpha value is -0.940. The van der Waals surface area contributed by atoms with Gasteiger partial charge in [0.05, 0.1) is 0 Å². The molecule has 0 aliphatic carbocycles. The summed E-state index contributed by atoms with van der Waals surface area (Å²) < 4.78 is 0. The van der Waals surface area contributed by atoms with Crippen LogP contribution in [0.4, 0.5) is 0 Å². The van der Waals surface area contributed by atoms with Crippen molar-refractivity contribution in [3.63, 3.8) is 0 Å². The fourth-order valence-electron chi connectivity index (χ4n) is 1.72. The lowest BCUT2D eigenvalue weighted by atomic mass is 10.1. The molecule has 15 heavy (non-hydrogen) atoms. The molecule has 1 aromatic rings. The van der Waals surface area contributed by atoms with E-state index in [-0.39, 0.29) is 5.91 Å². The Bertz CT molecular complexity index is 312. The molecule has 1 aromatic heterocycles. The zero-order valence-corrected chi connectivity index (χ0v) is 9.35. The number of carbonyl (C=O) groups excluding carboxylic acids is 1. The minimum Gasteiger partial charge on any atom is -0.356 e. The molecule has 82 valence electrons. The van der Waals surface area contributed by atoms with Crippen LogP contribution in [-0.4, -0.2) is 23.5 Å². The highest BCUT2D eigenvalue weighted by Gasteiger charge is 2.16. The van der Waals surface area contributed by atoms with E-state index in [9.17, 15) is 4.79 Å². The highest BCUT2D eigenvalue weighted by molar-refractivity contribution is 7.09. The Kier molecular flexibility index (Phi) is 3.69. The minimum absolute atomic E-state index is 0.157. The number of thiazole rings is 1. The molecule has 1 unspecified atom stereocenters. The summed E-state index contributed by atoms with van der Waals surface area (Å²) in [5, 5.41) is 9.31. The lowest BCUT2D eigenvalue weighted by Gasteiger charge is -2.13. The van der Waals surface area contributed by atoms with Crippen LogP contribution in [0.5, 0.6) is 0 Å². The quantitative estimate of drug-likeness (QED) is 0.803. The number of rotatable bonds is 3. The molecule has 0 saturated carbocycles. The Morgan fingerprint density at radius 1 is 1.67 bits per heavy atom. The summed E-state index contributed by atoms with van der Waals surface area (Å²) in [5.41, 5.74) is 0. The van der Waals surface area contributed by atoms with Crippen molar-refractivity contribution in [2.45, 2.75) is 31.8 Å². The van der Waals surface area contributed by atoms with Gasteiger partial charge in [0.25, 0.3) is 0 Å². The summed E-state index contributed by atoms with van der Waals surface area (Å²) in [7, 11) is 0. The van der Waals surface area contributed by atoms with Crippen molar-refractivity contribution in [1.82, 2.24) is 15.6 Å². The first-order valence-corrected chi connectivity index (χ1v) is 6.11. The van der Waals surface area contributed by atoms with Crippen molar-refractivity contribution in [1.29, 1.82) is 0 Å². The number of hydrogen-bond acceptors (Lipinski definition) is 4. The molecule has 1 aliphatic heterocycles. The fraction of sp³-hybridized carbons (Fsp3) is 0.600. The maximum absolute atomic E-state index is 11.3. The summed E-state index contributed by atoms with van der Waals surface area (Å²) in [6.45, 7) is 1.59. The van der Waals surface area contributed by atoms with Crippen LogP contribution < -0.4 is 10.6 Å². The third-order valence-corrected chi connectivity index (χ3v) is 3.29. The van der Waals surface area contributed by atoms with Crippen LogP contribution in [0.2, 0.25) is 0 Å². The van der Waals surface area contributed by atoms with E-state index >= 15 is 0 Å². The molecule has 0 radical (unpaired) electrons. The summed E-state index contributed by atoms with van der Waals surface area (Å²) in [5.74, 6) is 0.157. The summed E-state index contributed by atoms with van der Waals surface area (Å²) in [6, 6.07) is 0.302. The molecule has 5 heteroatoms. The van der Waals surface area contributed by atoms with Crippen LogP contribution >= 0.6 is 11.3 Å². The molecule has 1 saturated heterocycles. The van der Waals surface area contributed by atoms with E-state index in [0.29, 0.717) is 12.5 Å². The molecule has 0 bridgehead atoms. The molecule has 1 aliphatic rings. The van der Waals surface area contributed by atoms with Crippen LogP contribution in [0.25, 0.3) is 0 Å². The van der Waals surface area contributed by atoms with Crippen molar-refractivity contribution >= 4 is 17.2 Å². The second kappa shape index (κ2) is 5.23. The third-order valence-electron chi connectivity index (χ3n) is 2.51. The summed E-state index contributed by atoms with van der Waals surface area (Å²) in [6.07, 6.45) is 4.51. The lowest BCUT2D eigenvalue weighted by molar-refractivity contribution is -0.121. The maximum Gasteiger partial charge on any atom is 0.221 e. The van der Waals surface area contributed by atoms with Gasteiger partial charge in [-0.25, -0.2) is 4.98 Å². The number of hydrogen-bond donors (Lipinski definition) is 2. The molecule has 4 nitrogen and oxygen atoms in total. The van der Waals surface area contributed by atoms with Crippen LogP contribution in [-0.2, 0) is 11.3 Å². The Morgan fingerprint density at radius 2 is 2.60 bits per heavy atom. The molecular weight excluding hydrogens is 210 g/mol. The molecule has 1 atom stereocenters. The predicted octanol–water partition coefficient (Wildman–Crippen LogP) is 0.901. The first kappa shape index (κ1) is 10.6. The second-order valence-electron chi connectivity index (χ2n) is 3.70. The van der Waals surface area contributed by atoms with E-state index in [0.717, 1.165) is 30.9 Å². The van der Waals surface area contributed by atoms with E-state index in [2.05, 4.69) is 15.6 Å². The fourth-order valence-corrected chi connectivity index (χ4v) is 2.29. The Morgan fingerprint density at radius 3 is 3.40 bits per heavy atom. The summed E-state index contributed by atoms with van der Waals surface area (Å²) >= 11 is 1.64. The van der Waals surface area contributed by atoms with Gasteiger partial charge in [-0.3, -0.25) is 4.79 Å². The van der Waals surface area contributed by atoms with Gasteiger partial charge >= 0.3 is 0 Å². The predicted molar refractivity (Wildman–Crippen MR) is 59.6 cm³/mol. The highest BCUT2D eigenvalue weighted by atomic mass is 32.1. The zero-order chi connectivity index (χ0) is 10.5. The van der Waals surface area contributed by atoms with Gasteiger partial charge < -0.3 is 10.6 Å². The lowest BCUT2D eigenvalue weighted by Crippen LogP contribution is -2.32. The molecule has 2 N–H and O–H groups in total. The maximum atomic E-state index is 11.3. The van der Waals surface area contributed by atoms with Gasteiger partial charge in [0, 0.05) is 37.1 Å². The van der Waals surface area contributed by atoms with Crippen LogP contribution in [0, 0.1) is 0 Å². The SMILES string of the molecule is O=C1CC(NCc2nccs2)CCCN1. The molecule has 0 spiro atoms. The van der Waals surface area contributed by atoms with Gasteiger partial charge in [0.1, 0.15) is 5.01 Å². The van der Waals surface area contributed by atoms with E-state index in [1.165, 1.54) is 0 Å². The average Bonchev–Trinajstić information content (AvgIpc) is 2.65. The first-order chi connectivity index (χ1) is 7.34. The van der Waals surface area contributed by atoms with Gasteiger partial charge in [0.2, 0.25) is 5.91 Å². The second-order valence-corrected chi connectivity index (χ2v) is 4.68. The average molecular weight is 225 g/mol. The van der Waals surface area contributed by atoms with Crippen molar-refractivity contribution in [2.75, 3.05) is 6.54 Å². The van der Waals surface area contributed by atoms with Gasteiger partial charge in [0.15, 0.2) is 0 Å². The first-order valence-electron chi connectivity index (χ1n) is 5.23. The van der Waals surface area contributed by atoms with Crippen molar-refractivity contribution in [2.24, 2.45) is 0 Å². The number of nitrogens with one attached hydrogen (secondary N) is 2. The van der Waals surface area contributed by atoms with E-state index in [1.54, 1.807) is 11.3 Å². The molecular formula is C10H15N3OS. The van der Waals surface area contributed by atoms with Gasteiger partial charge in [-0.2, -0.15) is 0 Å². The highest BCUT2D eigenvalue weighted by Crippen LogP contribution is 2.08. The molecule has 1 fully saturated rings. The normalized spacial score (nSPS) is 22.1. The molecule has 2 heterocycles. The van der Waals surface area contributed by atoms with Crippen LogP contribution in [0.15, 0.2) is 11.6 Å². The number of nitrogens with zero attached hydrogens (tertiary/aromatic N) is 1. The molecule has 1 amide bonds. The van der Waals surface area contributed by atoms with Crippen LogP contribution in [0.1, 0.15) is 24.3 Å². The van der Waals surface area contributed by atoms with Gasteiger partial charge in [-0.1, -0.05) is 0 Å². The summed E-state index contributed by atoms with van der Waals surface area (Å²) in [4.78, 5) is 15.5. The van der Waals surface area contributed by atoms with Crippen molar-refractivity contribution in [3.05, 3.63) is 16.6 Å².